The molecule has 1 amide bonds. The number of carbonyl (C=O) groups excluding carboxylic acids is 1. The summed E-state index contributed by atoms with van der Waals surface area (Å²) in [5.41, 5.74) is 0. The molecule has 0 aromatic heterocycles. The molecule has 3 rings (SSSR count). The second-order valence-electron chi connectivity index (χ2n) is 7.13. The van der Waals surface area contributed by atoms with E-state index in [1.807, 2.05) is 4.90 Å². The van der Waals surface area contributed by atoms with Gasteiger partial charge in [-0.3, -0.25) is 4.79 Å². The van der Waals surface area contributed by atoms with E-state index in [1.54, 1.807) is 6.07 Å². The number of likely N-dealkylation sites (tertiary alicyclic amines) is 1. The SMILES string of the molecule is C[C@@H]1CCCCN1C(=O)C1CCN(S(=O)(=O)c2cc(Cl)ccc2Cl)CC1. The van der Waals surface area contributed by atoms with Crippen molar-refractivity contribution in [2.75, 3.05) is 19.6 Å². The average molecular weight is 419 g/mol. The Hall–Kier alpha value is -0.820. The summed E-state index contributed by atoms with van der Waals surface area (Å²) in [6.45, 7) is 3.56. The van der Waals surface area contributed by atoms with Crippen LogP contribution in [-0.4, -0.2) is 49.2 Å². The minimum Gasteiger partial charge on any atom is -0.340 e. The molecule has 2 aliphatic rings. The van der Waals surface area contributed by atoms with Crippen LogP contribution < -0.4 is 0 Å². The Kier molecular flexibility index (Phi) is 6.17. The summed E-state index contributed by atoms with van der Waals surface area (Å²) in [6.07, 6.45) is 4.35. The minimum absolute atomic E-state index is 0.0288. The standard InChI is InChI=1S/C18H24Cl2N2O3S/c1-13-4-2-3-9-22(13)18(23)14-7-10-21(11-8-14)26(24,25)17-12-15(19)5-6-16(17)20/h5-6,12-14H,2-4,7-11H2,1H3/t13-/m1/s1. The normalized spacial score (nSPS) is 23.2. The Morgan fingerprint density at radius 3 is 2.42 bits per heavy atom. The first-order valence-electron chi connectivity index (χ1n) is 9.06. The van der Waals surface area contributed by atoms with Crippen molar-refractivity contribution in [3.63, 3.8) is 0 Å². The van der Waals surface area contributed by atoms with Crippen LogP contribution in [0.25, 0.3) is 0 Å². The molecule has 0 spiro atoms. The first-order valence-corrected chi connectivity index (χ1v) is 11.3. The maximum atomic E-state index is 12.9. The Bertz CT molecular complexity index is 777. The third-order valence-electron chi connectivity index (χ3n) is 5.40. The van der Waals surface area contributed by atoms with Crippen LogP contribution in [0.5, 0.6) is 0 Å². The number of piperidine rings is 2. The summed E-state index contributed by atoms with van der Waals surface area (Å²) in [7, 11) is -3.71. The molecule has 1 aromatic rings. The smallest absolute Gasteiger partial charge is 0.244 e. The zero-order chi connectivity index (χ0) is 18.9. The molecule has 1 atom stereocenters. The molecule has 0 aliphatic carbocycles. The molecule has 0 N–H and O–H groups in total. The van der Waals surface area contributed by atoms with E-state index in [0.717, 1.165) is 19.4 Å². The summed E-state index contributed by atoms with van der Waals surface area (Å²) in [4.78, 5) is 14.8. The van der Waals surface area contributed by atoms with Crippen LogP contribution in [0.2, 0.25) is 10.0 Å². The van der Waals surface area contributed by atoms with Gasteiger partial charge < -0.3 is 4.90 Å². The summed E-state index contributed by atoms with van der Waals surface area (Å²) < 4.78 is 27.2. The van der Waals surface area contributed by atoms with E-state index >= 15 is 0 Å². The highest BCUT2D eigenvalue weighted by Gasteiger charge is 2.36. The molecule has 2 aliphatic heterocycles. The summed E-state index contributed by atoms with van der Waals surface area (Å²) in [5, 5.41) is 0.492. The van der Waals surface area contributed by atoms with Crippen molar-refractivity contribution >= 4 is 39.1 Å². The van der Waals surface area contributed by atoms with Crippen LogP contribution in [0.1, 0.15) is 39.0 Å². The zero-order valence-corrected chi connectivity index (χ0v) is 17.2. The fourth-order valence-electron chi connectivity index (χ4n) is 3.82. The molecule has 1 aromatic carbocycles. The number of nitrogens with zero attached hydrogens (tertiary/aromatic N) is 2. The lowest BCUT2D eigenvalue weighted by Crippen LogP contribution is -2.48. The van der Waals surface area contributed by atoms with E-state index in [1.165, 1.54) is 22.9 Å². The van der Waals surface area contributed by atoms with Crippen LogP contribution >= 0.6 is 23.2 Å². The number of hydrogen-bond acceptors (Lipinski definition) is 3. The van der Waals surface area contributed by atoms with E-state index in [2.05, 4.69) is 6.92 Å². The van der Waals surface area contributed by atoms with Gasteiger partial charge in [-0.15, -0.1) is 0 Å². The summed E-state index contributed by atoms with van der Waals surface area (Å²) >= 11 is 12.0. The molecule has 0 unspecified atom stereocenters. The predicted molar refractivity (Wildman–Crippen MR) is 103 cm³/mol. The predicted octanol–water partition coefficient (Wildman–Crippen LogP) is 3.80. The van der Waals surface area contributed by atoms with Crippen molar-refractivity contribution in [1.29, 1.82) is 0 Å². The first kappa shape index (κ1) is 19.9. The number of halogens is 2. The Balaban J connectivity index is 1.68. The molecule has 8 heteroatoms. The molecule has 0 saturated carbocycles. The molecular formula is C18H24Cl2N2O3S. The van der Waals surface area contributed by atoms with Crippen LogP contribution in [-0.2, 0) is 14.8 Å². The largest absolute Gasteiger partial charge is 0.340 e. The number of carbonyl (C=O) groups is 1. The number of sulfonamides is 1. The highest BCUT2D eigenvalue weighted by Crippen LogP contribution is 2.31. The maximum absolute atomic E-state index is 12.9. The molecule has 2 fully saturated rings. The second kappa shape index (κ2) is 8.05. The first-order chi connectivity index (χ1) is 12.3. The molecule has 0 bridgehead atoms. The summed E-state index contributed by atoms with van der Waals surface area (Å²) in [6, 6.07) is 4.72. The molecule has 0 radical (unpaired) electrons. The molecular weight excluding hydrogens is 395 g/mol. The maximum Gasteiger partial charge on any atom is 0.244 e. The lowest BCUT2D eigenvalue weighted by molar-refractivity contribution is -0.140. The van der Waals surface area contributed by atoms with E-state index in [-0.39, 0.29) is 27.8 Å². The van der Waals surface area contributed by atoms with E-state index in [4.69, 9.17) is 23.2 Å². The molecule has 2 saturated heterocycles. The van der Waals surface area contributed by atoms with Crippen molar-refractivity contribution in [1.82, 2.24) is 9.21 Å². The lowest BCUT2D eigenvalue weighted by Gasteiger charge is -2.38. The van der Waals surface area contributed by atoms with Gasteiger partial charge in [0, 0.05) is 36.6 Å². The molecule has 5 nitrogen and oxygen atoms in total. The van der Waals surface area contributed by atoms with Crippen LogP contribution in [0.15, 0.2) is 23.1 Å². The van der Waals surface area contributed by atoms with E-state index < -0.39 is 10.0 Å². The number of benzene rings is 1. The summed E-state index contributed by atoms with van der Waals surface area (Å²) in [5.74, 6) is 0.0758. The van der Waals surface area contributed by atoms with Crippen LogP contribution in [0.3, 0.4) is 0 Å². The van der Waals surface area contributed by atoms with Crippen molar-refractivity contribution in [3.05, 3.63) is 28.2 Å². The Morgan fingerprint density at radius 2 is 1.77 bits per heavy atom. The van der Waals surface area contributed by atoms with Crippen LogP contribution in [0.4, 0.5) is 0 Å². The van der Waals surface area contributed by atoms with Gasteiger partial charge in [-0.2, -0.15) is 4.31 Å². The van der Waals surface area contributed by atoms with Crippen molar-refractivity contribution in [3.8, 4) is 0 Å². The molecule has 2 heterocycles. The van der Waals surface area contributed by atoms with Crippen LogP contribution in [0, 0.1) is 5.92 Å². The van der Waals surface area contributed by atoms with Gasteiger partial charge in [-0.25, -0.2) is 8.42 Å². The third-order valence-corrected chi connectivity index (χ3v) is 8.02. The van der Waals surface area contributed by atoms with Crippen molar-refractivity contribution in [2.24, 2.45) is 5.92 Å². The lowest BCUT2D eigenvalue weighted by atomic mass is 9.94. The highest BCUT2D eigenvalue weighted by atomic mass is 35.5. The van der Waals surface area contributed by atoms with Gasteiger partial charge in [0.2, 0.25) is 15.9 Å². The number of hydrogen-bond donors (Lipinski definition) is 0. The van der Waals surface area contributed by atoms with Crippen molar-refractivity contribution in [2.45, 2.75) is 50.0 Å². The van der Waals surface area contributed by atoms with E-state index in [9.17, 15) is 13.2 Å². The topological polar surface area (TPSA) is 57.7 Å². The average Bonchev–Trinajstić information content (AvgIpc) is 2.63. The Labute approximate surface area is 165 Å². The number of amides is 1. The molecule has 26 heavy (non-hydrogen) atoms. The number of rotatable bonds is 3. The quantitative estimate of drug-likeness (QED) is 0.749. The van der Waals surface area contributed by atoms with Crippen molar-refractivity contribution < 1.29 is 13.2 Å². The monoisotopic (exact) mass is 418 g/mol. The fraction of sp³-hybridized carbons (Fsp3) is 0.611. The molecule has 144 valence electrons. The van der Waals surface area contributed by atoms with Gasteiger partial charge >= 0.3 is 0 Å². The van der Waals surface area contributed by atoms with Gasteiger partial charge in [0.15, 0.2) is 0 Å². The van der Waals surface area contributed by atoms with Gasteiger partial charge in [0.05, 0.1) is 5.02 Å². The second-order valence-corrected chi connectivity index (χ2v) is 9.88. The van der Waals surface area contributed by atoms with Gasteiger partial charge in [-0.05, 0) is 57.2 Å². The van der Waals surface area contributed by atoms with Gasteiger partial charge in [0.1, 0.15) is 4.90 Å². The van der Waals surface area contributed by atoms with Gasteiger partial charge in [0.25, 0.3) is 0 Å². The third kappa shape index (κ3) is 4.03. The highest BCUT2D eigenvalue weighted by molar-refractivity contribution is 7.89. The zero-order valence-electron chi connectivity index (χ0n) is 14.8. The van der Waals surface area contributed by atoms with E-state index in [0.29, 0.717) is 31.0 Å². The van der Waals surface area contributed by atoms with Gasteiger partial charge in [-0.1, -0.05) is 23.2 Å². The fourth-order valence-corrected chi connectivity index (χ4v) is 6.02. The Morgan fingerprint density at radius 1 is 1.08 bits per heavy atom. The minimum atomic E-state index is -3.71.